The van der Waals surface area contributed by atoms with Crippen LogP contribution in [0.5, 0.6) is 0 Å². The molecule has 0 unspecified atom stereocenters. The fraction of sp³-hybridized carbons (Fsp3) is 0.364. The molecule has 1 heterocycles. The Bertz CT molecular complexity index is 425. The van der Waals surface area contributed by atoms with Gasteiger partial charge in [0.2, 0.25) is 0 Å². The third-order valence-electron chi connectivity index (χ3n) is 2.80. The lowest BCUT2D eigenvalue weighted by atomic mass is 10.1. The minimum Gasteiger partial charge on any atom is -0.371 e. The topological polar surface area (TPSA) is 63.4 Å². The minimum absolute atomic E-state index is 0.0370. The minimum atomic E-state index is -0.485. The summed E-state index contributed by atoms with van der Waals surface area (Å²) in [5, 5.41) is 10.6. The van der Waals surface area contributed by atoms with Crippen molar-refractivity contribution in [1.82, 2.24) is 0 Å². The number of benzene rings is 1. The van der Waals surface area contributed by atoms with E-state index in [0.29, 0.717) is 11.8 Å². The van der Waals surface area contributed by atoms with Gasteiger partial charge in [0.15, 0.2) is 6.29 Å². The van der Waals surface area contributed by atoms with Gasteiger partial charge in [-0.15, -0.1) is 0 Å². The Morgan fingerprint density at radius 3 is 2.56 bits per heavy atom. The van der Waals surface area contributed by atoms with E-state index >= 15 is 0 Å². The number of hydrogen-bond acceptors (Lipinski definition) is 4. The molecule has 0 radical (unpaired) electrons. The molecule has 1 aromatic carbocycles. The van der Waals surface area contributed by atoms with Gasteiger partial charge >= 0.3 is 0 Å². The molecule has 0 spiro atoms. The van der Waals surface area contributed by atoms with Gasteiger partial charge in [-0.1, -0.05) is 0 Å². The first-order valence-corrected chi connectivity index (χ1v) is 5.21. The van der Waals surface area contributed by atoms with E-state index in [1.165, 1.54) is 12.1 Å². The van der Waals surface area contributed by atoms with Crippen molar-refractivity contribution in [1.29, 1.82) is 0 Å². The average Bonchev–Trinajstić information content (AvgIpc) is 2.81. The Balaban J connectivity index is 2.38. The molecule has 5 heteroatoms. The molecule has 0 amide bonds. The second-order valence-electron chi connectivity index (χ2n) is 3.81. The Morgan fingerprint density at radius 1 is 1.31 bits per heavy atom. The number of carbonyl (C=O) groups is 1. The van der Waals surface area contributed by atoms with Crippen LogP contribution < -0.4 is 4.90 Å². The van der Waals surface area contributed by atoms with Crippen LogP contribution in [0, 0.1) is 10.1 Å². The second-order valence-corrected chi connectivity index (χ2v) is 3.81. The Labute approximate surface area is 92.8 Å². The van der Waals surface area contributed by atoms with Crippen molar-refractivity contribution in [2.45, 2.75) is 12.8 Å². The van der Waals surface area contributed by atoms with Gasteiger partial charge in [-0.3, -0.25) is 14.9 Å². The molecule has 84 valence electrons. The molecule has 0 atom stereocenters. The summed E-state index contributed by atoms with van der Waals surface area (Å²) in [6.45, 7) is 1.83. The number of nitrogens with zero attached hydrogens (tertiary/aromatic N) is 2. The van der Waals surface area contributed by atoms with Crippen LogP contribution in [0.15, 0.2) is 18.2 Å². The van der Waals surface area contributed by atoms with E-state index in [9.17, 15) is 14.9 Å². The molecule has 1 aromatic rings. The summed E-state index contributed by atoms with van der Waals surface area (Å²) in [5.41, 5.74) is 1.17. The van der Waals surface area contributed by atoms with Gasteiger partial charge in [-0.05, 0) is 18.9 Å². The Hall–Kier alpha value is -1.91. The van der Waals surface area contributed by atoms with Crippen LogP contribution in [0.2, 0.25) is 0 Å². The molecular formula is C11H12N2O3. The predicted octanol–water partition coefficient (Wildman–Crippen LogP) is 2.01. The predicted molar refractivity (Wildman–Crippen MR) is 59.9 cm³/mol. The number of hydrogen-bond donors (Lipinski definition) is 0. The molecule has 0 saturated carbocycles. The highest BCUT2D eigenvalue weighted by molar-refractivity contribution is 5.86. The molecule has 0 bridgehead atoms. The number of carbonyl (C=O) groups excluding carboxylic acids is 1. The van der Waals surface area contributed by atoms with Crippen molar-refractivity contribution in [3.05, 3.63) is 33.9 Å². The van der Waals surface area contributed by atoms with E-state index in [2.05, 4.69) is 4.90 Å². The van der Waals surface area contributed by atoms with Crippen LogP contribution in [0.25, 0.3) is 0 Å². The summed E-state index contributed by atoms with van der Waals surface area (Å²) >= 11 is 0. The van der Waals surface area contributed by atoms with E-state index in [1.807, 2.05) is 0 Å². The molecule has 1 saturated heterocycles. The number of non-ortho nitro benzene ring substituents is 1. The van der Waals surface area contributed by atoms with Crippen molar-refractivity contribution < 1.29 is 9.72 Å². The van der Waals surface area contributed by atoms with Crippen LogP contribution in [0.4, 0.5) is 11.4 Å². The zero-order chi connectivity index (χ0) is 11.5. The second kappa shape index (κ2) is 4.30. The SMILES string of the molecule is O=Cc1cc([N+](=O)[O-])ccc1N1CCCC1. The summed E-state index contributed by atoms with van der Waals surface area (Å²) in [6.07, 6.45) is 2.89. The van der Waals surface area contributed by atoms with Crippen molar-refractivity contribution in [3.8, 4) is 0 Å². The van der Waals surface area contributed by atoms with Gasteiger partial charge in [-0.25, -0.2) is 0 Å². The maximum absolute atomic E-state index is 10.9. The first-order chi connectivity index (χ1) is 7.72. The lowest BCUT2D eigenvalue weighted by Gasteiger charge is -2.18. The molecule has 0 aliphatic carbocycles. The Morgan fingerprint density at radius 2 is 2.00 bits per heavy atom. The zero-order valence-electron chi connectivity index (χ0n) is 8.76. The summed E-state index contributed by atoms with van der Waals surface area (Å²) in [7, 11) is 0. The molecule has 2 rings (SSSR count). The number of rotatable bonds is 3. The normalized spacial score (nSPS) is 15.1. The Kier molecular flexibility index (Phi) is 2.85. The fourth-order valence-electron chi connectivity index (χ4n) is 2.00. The fourth-order valence-corrected chi connectivity index (χ4v) is 2.00. The molecule has 0 N–H and O–H groups in total. The third kappa shape index (κ3) is 1.88. The van der Waals surface area contributed by atoms with E-state index in [0.717, 1.165) is 31.6 Å². The van der Waals surface area contributed by atoms with Crippen LogP contribution in [0.3, 0.4) is 0 Å². The monoisotopic (exact) mass is 220 g/mol. The van der Waals surface area contributed by atoms with E-state index < -0.39 is 4.92 Å². The first kappa shape index (κ1) is 10.6. The van der Waals surface area contributed by atoms with Gasteiger partial charge in [0.25, 0.3) is 5.69 Å². The van der Waals surface area contributed by atoms with Crippen LogP contribution in [0.1, 0.15) is 23.2 Å². The van der Waals surface area contributed by atoms with Crippen LogP contribution in [-0.4, -0.2) is 24.3 Å². The van der Waals surface area contributed by atoms with Crippen LogP contribution >= 0.6 is 0 Å². The lowest BCUT2D eigenvalue weighted by molar-refractivity contribution is -0.384. The van der Waals surface area contributed by atoms with Crippen LogP contribution in [-0.2, 0) is 0 Å². The highest BCUT2D eigenvalue weighted by atomic mass is 16.6. The molecular weight excluding hydrogens is 208 g/mol. The summed E-state index contributed by atoms with van der Waals surface area (Å²) in [5.74, 6) is 0. The number of nitro groups is 1. The maximum atomic E-state index is 10.9. The van der Waals surface area contributed by atoms with Gasteiger partial charge in [-0.2, -0.15) is 0 Å². The summed E-state index contributed by atoms with van der Waals surface area (Å²) < 4.78 is 0. The summed E-state index contributed by atoms with van der Waals surface area (Å²) in [6, 6.07) is 4.44. The average molecular weight is 220 g/mol. The molecule has 0 aromatic heterocycles. The number of nitro benzene ring substituents is 1. The summed E-state index contributed by atoms with van der Waals surface area (Å²) in [4.78, 5) is 23.1. The number of anilines is 1. The van der Waals surface area contributed by atoms with E-state index in [4.69, 9.17) is 0 Å². The van der Waals surface area contributed by atoms with E-state index in [1.54, 1.807) is 6.07 Å². The van der Waals surface area contributed by atoms with Gasteiger partial charge in [0, 0.05) is 36.5 Å². The zero-order valence-corrected chi connectivity index (χ0v) is 8.76. The molecule has 1 aliphatic heterocycles. The van der Waals surface area contributed by atoms with Gasteiger partial charge < -0.3 is 4.90 Å². The first-order valence-electron chi connectivity index (χ1n) is 5.21. The highest BCUT2D eigenvalue weighted by Crippen LogP contribution is 2.26. The van der Waals surface area contributed by atoms with Crippen molar-refractivity contribution in [2.75, 3.05) is 18.0 Å². The van der Waals surface area contributed by atoms with Crippen molar-refractivity contribution in [3.63, 3.8) is 0 Å². The van der Waals surface area contributed by atoms with Gasteiger partial charge in [0.1, 0.15) is 0 Å². The largest absolute Gasteiger partial charge is 0.371 e. The molecule has 1 aliphatic rings. The van der Waals surface area contributed by atoms with Crippen molar-refractivity contribution >= 4 is 17.7 Å². The standard InChI is InChI=1S/C11H12N2O3/c14-8-9-7-10(13(15)16)3-4-11(9)12-5-1-2-6-12/h3-4,7-8H,1-2,5-6H2. The van der Waals surface area contributed by atoms with Gasteiger partial charge in [0.05, 0.1) is 4.92 Å². The molecule has 1 fully saturated rings. The van der Waals surface area contributed by atoms with Crippen molar-refractivity contribution in [2.24, 2.45) is 0 Å². The molecule has 5 nitrogen and oxygen atoms in total. The quantitative estimate of drug-likeness (QED) is 0.444. The highest BCUT2D eigenvalue weighted by Gasteiger charge is 2.17. The molecule has 16 heavy (non-hydrogen) atoms. The number of aldehydes is 1. The van der Waals surface area contributed by atoms with E-state index in [-0.39, 0.29) is 5.69 Å². The lowest BCUT2D eigenvalue weighted by Crippen LogP contribution is -2.19. The smallest absolute Gasteiger partial charge is 0.270 e. The maximum Gasteiger partial charge on any atom is 0.270 e. The third-order valence-corrected chi connectivity index (χ3v) is 2.80.